The number of fused-ring (bicyclic) bond motifs is 1. The van der Waals surface area contributed by atoms with Crippen molar-refractivity contribution in [2.75, 3.05) is 26.4 Å². The summed E-state index contributed by atoms with van der Waals surface area (Å²) in [5.41, 5.74) is 9.16. The van der Waals surface area contributed by atoms with E-state index in [1.54, 1.807) is 19.0 Å². The molecule has 2 rings (SSSR count). The highest BCUT2D eigenvalue weighted by Crippen LogP contribution is 2.32. The molecule has 4 heteroatoms. The van der Waals surface area contributed by atoms with Crippen molar-refractivity contribution in [2.45, 2.75) is 18.9 Å². The zero-order chi connectivity index (χ0) is 12.4. The number of nitrogens with zero attached hydrogens (tertiary/aromatic N) is 1. The van der Waals surface area contributed by atoms with Crippen molar-refractivity contribution in [3.05, 3.63) is 29.3 Å². The Hall–Kier alpha value is -1.55. The second kappa shape index (κ2) is 4.75. The Balaban J connectivity index is 2.00. The third kappa shape index (κ3) is 2.58. The van der Waals surface area contributed by atoms with Gasteiger partial charge >= 0.3 is 0 Å². The summed E-state index contributed by atoms with van der Waals surface area (Å²) >= 11 is 0. The van der Waals surface area contributed by atoms with Crippen molar-refractivity contribution >= 4 is 11.6 Å². The van der Waals surface area contributed by atoms with Crippen LogP contribution in [0.15, 0.2) is 18.2 Å². The van der Waals surface area contributed by atoms with Gasteiger partial charge in [-0.1, -0.05) is 6.07 Å². The summed E-state index contributed by atoms with van der Waals surface area (Å²) in [6.07, 6.45) is 2.08. The molecule has 1 aliphatic carbocycles. The number of hydrogen-bond donors (Lipinski definition) is 2. The molecule has 92 valence electrons. The summed E-state index contributed by atoms with van der Waals surface area (Å²) in [7, 11) is 3.54. The maximum Gasteiger partial charge on any atom is 0.236 e. The fraction of sp³-hybridized carbons (Fsp3) is 0.462. The molecule has 17 heavy (non-hydrogen) atoms. The summed E-state index contributed by atoms with van der Waals surface area (Å²) in [6.45, 7) is 0.390. The van der Waals surface area contributed by atoms with Gasteiger partial charge in [-0.05, 0) is 36.1 Å². The van der Waals surface area contributed by atoms with Crippen LogP contribution >= 0.6 is 0 Å². The van der Waals surface area contributed by atoms with Crippen molar-refractivity contribution in [1.29, 1.82) is 0 Å². The minimum Gasteiger partial charge on any atom is -0.399 e. The monoisotopic (exact) mass is 233 g/mol. The second-order valence-corrected chi connectivity index (χ2v) is 4.72. The number of rotatable bonds is 3. The summed E-state index contributed by atoms with van der Waals surface area (Å²) in [5.74, 6) is 0.105. The zero-order valence-corrected chi connectivity index (χ0v) is 10.4. The van der Waals surface area contributed by atoms with E-state index in [0.717, 1.165) is 18.5 Å². The molecule has 1 unspecified atom stereocenters. The van der Waals surface area contributed by atoms with Gasteiger partial charge < -0.3 is 16.0 Å². The molecule has 0 bridgehead atoms. The van der Waals surface area contributed by atoms with Crippen molar-refractivity contribution in [3.63, 3.8) is 0 Å². The molecule has 4 nitrogen and oxygen atoms in total. The van der Waals surface area contributed by atoms with E-state index in [9.17, 15) is 4.79 Å². The van der Waals surface area contributed by atoms with E-state index < -0.39 is 0 Å². The second-order valence-electron chi connectivity index (χ2n) is 4.72. The summed E-state index contributed by atoms with van der Waals surface area (Å²) in [4.78, 5) is 13.1. The molecule has 0 aromatic heterocycles. The standard InChI is InChI=1S/C13H19N3O/c1-16(2)13(17)8-15-12-6-3-9-7-10(14)4-5-11(9)12/h4-5,7,12,15H,3,6,8,14H2,1-2H3. The van der Waals surface area contributed by atoms with Gasteiger partial charge in [-0.2, -0.15) is 0 Å². The fourth-order valence-corrected chi connectivity index (χ4v) is 2.22. The van der Waals surface area contributed by atoms with E-state index >= 15 is 0 Å². The average Bonchev–Trinajstić information content (AvgIpc) is 2.67. The number of nitrogens with two attached hydrogens (primary N) is 1. The fourth-order valence-electron chi connectivity index (χ4n) is 2.22. The molecular weight excluding hydrogens is 214 g/mol. The topological polar surface area (TPSA) is 58.4 Å². The van der Waals surface area contributed by atoms with E-state index in [2.05, 4.69) is 11.4 Å². The lowest BCUT2D eigenvalue weighted by Crippen LogP contribution is -2.34. The molecule has 1 aromatic rings. The number of hydrogen-bond acceptors (Lipinski definition) is 3. The predicted molar refractivity (Wildman–Crippen MR) is 68.6 cm³/mol. The van der Waals surface area contributed by atoms with Gasteiger partial charge in [0.25, 0.3) is 0 Å². The lowest BCUT2D eigenvalue weighted by molar-refractivity contribution is -0.127. The van der Waals surface area contributed by atoms with Crippen LogP contribution < -0.4 is 11.1 Å². The van der Waals surface area contributed by atoms with E-state index in [1.165, 1.54) is 11.1 Å². The molecule has 3 N–H and O–H groups in total. The maximum atomic E-state index is 11.5. The summed E-state index contributed by atoms with van der Waals surface area (Å²) < 4.78 is 0. The van der Waals surface area contributed by atoms with Gasteiger partial charge in [0.15, 0.2) is 0 Å². The van der Waals surface area contributed by atoms with Gasteiger partial charge in [-0.15, -0.1) is 0 Å². The molecular formula is C13H19N3O. The average molecular weight is 233 g/mol. The molecule has 1 amide bonds. The molecule has 0 spiro atoms. The first-order valence-corrected chi connectivity index (χ1v) is 5.90. The molecule has 0 fully saturated rings. The van der Waals surface area contributed by atoms with E-state index in [1.807, 2.05) is 12.1 Å². The first-order valence-electron chi connectivity index (χ1n) is 5.90. The Morgan fingerprint density at radius 1 is 1.53 bits per heavy atom. The zero-order valence-electron chi connectivity index (χ0n) is 10.4. The van der Waals surface area contributed by atoms with Crippen LogP contribution in [0.2, 0.25) is 0 Å². The Morgan fingerprint density at radius 3 is 3.00 bits per heavy atom. The van der Waals surface area contributed by atoms with Gasteiger partial charge in [-0.3, -0.25) is 4.79 Å². The van der Waals surface area contributed by atoms with Gasteiger partial charge in [0.2, 0.25) is 5.91 Å². The van der Waals surface area contributed by atoms with Crippen LogP contribution in [0, 0.1) is 0 Å². The molecule has 0 radical (unpaired) electrons. The van der Waals surface area contributed by atoms with Crippen LogP contribution in [-0.4, -0.2) is 31.4 Å². The number of aryl methyl sites for hydroxylation is 1. The first kappa shape index (κ1) is 11.9. The third-order valence-corrected chi connectivity index (χ3v) is 3.24. The van der Waals surface area contributed by atoms with Crippen molar-refractivity contribution in [1.82, 2.24) is 10.2 Å². The Morgan fingerprint density at radius 2 is 2.29 bits per heavy atom. The van der Waals surface area contributed by atoms with Crippen LogP contribution in [-0.2, 0) is 11.2 Å². The summed E-state index contributed by atoms with van der Waals surface area (Å²) in [6, 6.07) is 6.31. The number of amides is 1. The number of nitrogen functional groups attached to an aromatic ring is 1. The quantitative estimate of drug-likeness (QED) is 0.764. The van der Waals surface area contributed by atoms with Crippen molar-refractivity contribution < 1.29 is 4.79 Å². The highest BCUT2D eigenvalue weighted by molar-refractivity contribution is 5.77. The Kier molecular flexibility index (Phi) is 3.33. The van der Waals surface area contributed by atoms with E-state index in [4.69, 9.17) is 5.73 Å². The highest BCUT2D eigenvalue weighted by Gasteiger charge is 2.22. The van der Waals surface area contributed by atoms with Crippen LogP contribution in [0.1, 0.15) is 23.6 Å². The van der Waals surface area contributed by atoms with Crippen LogP contribution in [0.5, 0.6) is 0 Å². The molecule has 1 atom stereocenters. The number of carbonyl (C=O) groups is 1. The summed E-state index contributed by atoms with van der Waals surface area (Å²) in [5, 5.41) is 3.31. The van der Waals surface area contributed by atoms with Gasteiger partial charge in [0.05, 0.1) is 6.54 Å². The molecule has 0 heterocycles. The minimum atomic E-state index is 0.105. The molecule has 1 aromatic carbocycles. The smallest absolute Gasteiger partial charge is 0.236 e. The molecule has 0 aliphatic heterocycles. The first-order chi connectivity index (χ1) is 8.08. The number of carbonyl (C=O) groups excluding carboxylic acids is 1. The molecule has 1 aliphatic rings. The SMILES string of the molecule is CN(C)C(=O)CNC1CCc2cc(N)ccc21. The van der Waals surface area contributed by atoms with Crippen molar-refractivity contribution in [3.8, 4) is 0 Å². The van der Waals surface area contributed by atoms with Crippen LogP contribution in [0.3, 0.4) is 0 Å². The molecule has 0 saturated carbocycles. The van der Waals surface area contributed by atoms with Crippen LogP contribution in [0.25, 0.3) is 0 Å². The number of benzene rings is 1. The maximum absolute atomic E-state index is 11.5. The van der Waals surface area contributed by atoms with Gasteiger partial charge in [0.1, 0.15) is 0 Å². The number of nitrogens with one attached hydrogen (secondary N) is 1. The van der Waals surface area contributed by atoms with E-state index in [-0.39, 0.29) is 11.9 Å². The van der Waals surface area contributed by atoms with Crippen LogP contribution in [0.4, 0.5) is 5.69 Å². The van der Waals surface area contributed by atoms with E-state index in [0.29, 0.717) is 6.54 Å². The third-order valence-electron chi connectivity index (χ3n) is 3.24. The number of likely N-dealkylation sites (N-methyl/N-ethyl adjacent to an activating group) is 1. The molecule has 0 saturated heterocycles. The predicted octanol–water partition coefficient (Wildman–Crippen LogP) is 0.934. The van der Waals surface area contributed by atoms with Gasteiger partial charge in [-0.25, -0.2) is 0 Å². The highest BCUT2D eigenvalue weighted by atomic mass is 16.2. The van der Waals surface area contributed by atoms with Gasteiger partial charge in [0, 0.05) is 25.8 Å². The Bertz CT molecular complexity index is 429. The lowest BCUT2D eigenvalue weighted by Gasteiger charge is -2.16. The Labute approximate surface area is 102 Å². The number of anilines is 1. The lowest BCUT2D eigenvalue weighted by atomic mass is 10.1. The minimum absolute atomic E-state index is 0.105. The normalized spacial score (nSPS) is 17.9. The van der Waals surface area contributed by atoms with Crippen molar-refractivity contribution in [2.24, 2.45) is 0 Å². The largest absolute Gasteiger partial charge is 0.399 e.